The van der Waals surface area contributed by atoms with E-state index in [1.165, 1.54) is 6.42 Å². The fourth-order valence-corrected chi connectivity index (χ4v) is 1.95. The summed E-state index contributed by atoms with van der Waals surface area (Å²) in [7, 11) is 0. The molecule has 10 heavy (non-hydrogen) atoms. The van der Waals surface area contributed by atoms with Gasteiger partial charge in [-0.1, -0.05) is 0 Å². The predicted octanol–water partition coefficient (Wildman–Crippen LogP) is -0.421. The van der Waals surface area contributed by atoms with Crippen molar-refractivity contribution in [2.24, 2.45) is 0 Å². The van der Waals surface area contributed by atoms with Gasteiger partial charge in [-0.25, -0.2) is 0 Å². The van der Waals surface area contributed by atoms with E-state index in [4.69, 9.17) is 0 Å². The van der Waals surface area contributed by atoms with Gasteiger partial charge in [-0.2, -0.15) is 0 Å². The molecule has 2 atom stereocenters. The lowest BCUT2D eigenvalue weighted by molar-refractivity contribution is -0.130. The van der Waals surface area contributed by atoms with E-state index in [2.05, 4.69) is 5.32 Å². The van der Waals surface area contributed by atoms with Crippen LogP contribution in [0.1, 0.15) is 13.3 Å². The maximum absolute atomic E-state index is 10.9. The molecular weight excluding hydrogens is 128 g/mol. The number of piperazine rings is 1. The van der Waals surface area contributed by atoms with Crippen LogP contribution < -0.4 is 5.32 Å². The Labute approximate surface area is 60.4 Å². The molecule has 2 heterocycles. The Hall–Kier alpha value is -0.570. The van der Waals surface area contributed by atoms with Gasteiger partial charge in [0, 0.05) is 32.1 Å². The summed E-state index contributed by atoms with van der Waals surface area (Å²) in [6, 6.07) is 1.09. The summed E-state index contributed by atoms with van der Waals surface area (Å²) in [4.78, 5) is 12.9. The summed E-state index contributed by atoms with van der Waals surface area (Å²) < 4.78 is 0. The Bertz CT molecular complexity index is 169. The van der Waals surface area contributed by atoms with E-state index in [0.29, 0.717) is 12.1 Å². The molecule has 0 aromatic carbocycles. The highest BCUT2D eigenvalue weighted by molar-refractivity contribution is 5.74. The van der Waals surface area contributed by atoms with Crippen LogP contribution in [-0.4, -0.2) is 36.0 Å². The van der Waals surface area contributed by atoms with Crippen molar-refractivity contribution in [3.05, 3.63) is 0 Å². The standard InChI is InChI=1S/C7H12N2O/c1-5(10)9-4-6-2-7(9)3-8-6/h6-8H,2-4H2,1H3. The van der Waals surface area contributed by atoms with Crippen LogP contribution in [0.25, 0.3) is 0 Å². The predicted molar refractivity (Wildman–Crippen MR) is 37.6 cm³/mol. The zero-order valence-corrected chi connectivity index (χ0v) is 6.13. The minimum Gasteiger partial charge on any atom is -0.337 e. The minimum atomic E-state index is 0.231. The molecule has 2 aliphatic rings. The van der Waals surface area contributed by atoms with Gasteiger partial charge in [0.15, 0.2) is 0 Å². The van der Waals surface area contributed by atoms with Crippen LogP contribution in [0.5, 0.6) is 0 Å². The van der Waals surface area contributed by atoms with Gasteiger partial charge in [0.25, 0.3) is 0 Å². The Morgan fingerprint density at radius 1 is 1.70 bits per heavy atom. The molecule has 2 bridgehead atoms. The van der Waals surface area contributed by atoms with Crippen molar-refractivity contribution < 1.29 is 4.79 Å². The Morgan fingerprint density at radius 3 is 2.80 bits per heavy atom. The second-order valence-electron chi connectivity index (χ2n) is 3.17. The average Bonchev–Trinajstić information content (AvgIpc) is 2.44. The lowest BCUT2D eigenvalue weighted by atomic mass is 10.2. The molecule has 0 saturated carbocycles. The number of nitrogens with zero attached hydrogens (tertiary/aromatic N) is 1. The smallest absolute Gasteiger partial charge is 0.219 e. The average molecular weight is 140 g/mol. The molecule has 2 rings (SSSR count). The van der Waals surface area contributed by atoms with Gasteiger partial charge in [0.2, 0.25) is 5.91 Å². The summed E-state index contributed by atoms with van der Waals surface area (Å²) in [5.74, 6) is 0.231. The van der Waals surface area contributed by atoms with Crippen LogP contribution in [0.3, 0.4) is 0 Å². The number of fused-ring (bicyclic) bond motifs is 2. The third kappa shape index (κ3) is 0.736. The number of likely N-dealkylation sites (tertiary alicyclic amines) is 1. The van der Waals surface area contributed by atoms with E-state index >= 15 is 0 Å². The SMILES string of the molecule is CC(=O)N1CC2CC1CN2. The third-order valence-electron chi connectivity index (χ3n) is 2.46. The van der Waals surface area contributed by atoms with E-state index in [1.54, 1.807) is 6.92 Å². The fraction of sp³-hybridized carbons (Fsp3) is 0.857. The van der Waals surface area contributed by atoms with Gasteiger partial charge in [-0.3, -0.25) is 4.79 Å². The summed E-state index contributed by atoms with van der Waals surface area (Å²) in [5, 5.41) is 3.35. The van der Waals surface area contributed by atoms with Crippen LogP contribution in [0.2, 0.25) is 0 Å². The first-order chi connectivity index (χ1) is 4.77. The summed E-state index contributed by atoms with van der Waals surface area (Å²) >= 11 is 0. The molecule has 1 amide bonds. The molecule has 0 radical (unpaired) electrons. The number of hydrogen-bond acceptors (Lipinski definition) is 2. The summed E-state index contributed by atoms with van der Waals surface area (Å²) in [6.07, 6.45) is 1.17. The molecule has 2 unspecified atom stereocenters. The van der Waals surface area contributed by atoms with E-state index in [-0.39, 0.29) is 5.91 Å². The van der Waals surface area contributed by atoms with Crippen LogP contribution in [0, 0.1) is 0 Å². The van der Waals surface area contributed by atoms with Crippen molar-refractivity contribution >= 4 is 5.91 Å². The lowest BCUT2D eigenvalue weighted by Crippen LogP contribution is -2.45. The Kier molecular flexibility index (Phi) is 1.20. The van der Waals surface area contributed by atoms with Gasteiger partial charge < -0.3 is 10.2 Å². The first-order valence-corrected chi connectivity index (χ1v) is 3.78. The van der Waals surface area contributed by atoms with Crippen LogP contribution in [-0.2, 0) is 4.79 Å². The van der Waals surface area contributed by atoms with Gasteiger partial charge >= 0.3 is 0 Å². The normalized spacial score (nSPS) is 37.1. The van der Waals surface area contributed by atoms with E-state index in [9.17, 15) is 4.79 Å². The molecular formula is C7H12N2O. The quantitative estimate of drug-likeness (QED) is 0.495. The third-order valence-corrected chi connectivity index (χ3v) is 2.46. The number of amides is 1. The maximum Gasteiger partial charge on any atom is 0.219 e. The monoisotopic (exact) mass is 140 g/mol. The topological polar surface area (TPSA) is 32.3 Å². The first-order valence-electron chi connectivity index (χ1n) is 3.78. The molecule has 0 aromatic heterocycles. The van der Waals surface area contributed by atoms with E-state index in [1.807, 2.05) is 4.90 Å². The largest absolute Gasteiger partial charge is 0.337 e. The number of hydrogen-bond donors (Lipinski definition) is 1. The highest BCUT2D eigenvalue weighted by atomic mass is 16.2. The van der Waals surface area contributed by atoms with Gasteiger partial charge in [-0.15, -0.1) is 0 Å². The molecule has 3 heteroatoms. The summed E-state index contributed by atoms with van der Waals surface area (Å²) in [6.45, 7) is 3.59. The Morgan fingerprint density at radius 2 is 2.50 bits per heavy atom. The Balaban J connectivity index is 2.08. The van der Waals surface area contributed by atoms with Crippen molar-refractivity contribution in [1.29, 1.82) is 0 Å². The number of rotatable bonds is 0. The minimum absolute atomic E-state index is 0.231. The van der Waals surface area contributed by atoms with Gasteiger partial charge in [0.05, 0.1) is 0 Å². The molecule has 0 spiro atoms. The first kappa shape index (κ1) is 6.16. The van der Waals surface area contributed by atoms with E-state index in [0.717, 1.165) is 13.1 Å². The zero-order valence-electron chi connectivity index (χ0n) is 6.13. The number of carbonyl (C=O) groups is 1. The van der Waals surface area contributed by atoms with Crippen molar-refractivity contribution in [2.75, 3.05) is 13.1 Å². The van der Waals surface area contributed by atoms with Crippen molar-refractivity contribution in [3.8, 4) is 0 Å². The fourth-order valence-electron chi connectivity index (χ4n) is 1.95. The molecule has 0 aromatic rings. The number of nitrogens with one attached hydrogen (secondary N) is 1. The lowest BCUT2D eigenvalue weighted by Gasteiger charge is -2.25. The zero-order chi connectivity index (χ0) is 7.14. The van der Waals surface area contributed by atoms with Crippen LogP contribution in [0.4, 0.5) is 0 Å². The highest BCUT2D eigenvalue weighted by Crippen LogP contribution is 2.22. The van der Waals surface area contributed by atoms with Crippen molar-refractivity contribution in [3.63, 3.8) is 0 Å². The van der Waals surface area contributed by atoms with Crippen molar-refractivity contribution in [2.45, 2.75) is 25.4 Å². The second kappa shape index (κ2) is 1.95. The van der Waals surface area contributed by atoms with E-state index < -0.39 is 0 Å². The number of carbonyl (C=O) groups excluding carboxylic acids is 1. The van der Waals surface area contributed by atoms with Gasteiger partial charge in [0.1, 0.15) is 0 Å². The molecule has 3 nitrogen and oxygen atoms in total. The van der Waals surface area contributed by atoms with Crippen LogP contribution >= 0.6 is 0 Å². The molecule has 2 aliphatic heterocycles. The molecule has 56 valence electrons. The highest BCUT2D eigenvalue weighted by Gasteiger charge is 2.38. The molecule has 2 fully saturated rings. The molecule has 1 N–H and O–H groups in total. The van der Waals surface area contributed by atoms with Gasteiger partial charge in [-0.05, 0) is 6.42 Å². The molecule has 0 aliphatic carbocycles. The maximum atomic E-state index is 10.9. The molecule has 2 saturated heterocycles. The van der Waals surface area contributed by atoms with Crippen LogP contribution in [0.15, 0.2) is 0 Å². The van der Waals surface area contributed by atoms with Crippen molar-refractivity contribution in [1.82, 2.24) is 10.2 Å². The summed E-state index contributed by atoms with van der Waals surface area (Å²) in [5.41, 5.74) is 0. The second-order valence-corrected chi connectivity index (χ2v) is 3.17.